The third kappa shape index (κ3) is 5.40. The molecule has 0 radical (unpaired) electrons. The van der Waals surface area contributed by atoms with Crippen LogP contribution in [0.2, 0.25) is 0 Å². The molecule has 0 bridgehead atoms. The van der Waals surface area contributed by atoms with Gasteiger partial charge in [-0.25, -0.2) is 0 Å². The van der Waals surface area contributed by atoms with Gasteiger partial charge in [0.1, 0.15) is 30.5 Å². The number of anilines is 1. The number of ether oxygens (including phenoxy) is 1. The number of amides is 2. The van der Waals surface area contributed by atoms with Crippen molar-refractivity contribution in [2.24, 2.45) is 5.41 Å². The van der Waals surface area contributed by atoms with Crippen molar-refractivity contribution < 1.29 is 28.7 Å². The monoisotopic (exact) mass is 674 g/mol. The summed E-state index contributed by atoms with van der Waals surface area (Å²) in [5.74, 6) is -1.51. The van der Waals surface area contributed by atoms with Gasteiger partial charge in [-0.05, 0) is 49.9 Å². The van der Waals surface area contributed by atoms with Gasteiger partial charge in [0.05, 0.1) is 30.0 Å². The Kier molecular flexibility index (Phi) is 7.53. The summed E-state index contributed by atoms with van der Waals surface area (Å²) in [5, 5.41) is 10.0. The van der Waals surface area contributed by atoms with E-state index in [-0.39, 0.29) is 66.5 Å². The molecule has 5 aromatic rings. The number of hydrogen-bond donors (Lipinski definition) is 0. The number of likely N-dealkylation sites (tertiary alicyclic amines) is 1. The fourth-order valence-electron chi connectivity index (χ4n) is 7.41. The maximum absolute atomic E-state index is 14.5. The number of Topliss-reactive ketones (excluding diaryl/α,β-unsaturated/α-hetero) is 2. The molecule has 1 aromatic carbocycles. The molecule has 8 rings (SSSR count). The van der Waals surface area contributed by atoms with Crippen molar-refractivity contribution in [3.63, 3.8) is 0 Å². The van der Waals surface area contributed by atoms with Crippen LogP contribution in [0.3, 0.4) is 0 Å². The topological polar surface area (TPSA) is 162 Å². The third-order valence-corrected chi connectivity index (χ3v) is 10.0. The number of esters is 1. The number of nitrogens with zero attached hydrogens (tertiary/aromatic N) is 8. The van der Waals surface area contributed by atoms with E-state index in [0.717, 1.165) is 18.5 Å². The first kappa shape index (κ1) is 31.5. The van der Waals surface area contributed by atoms with Crippen molar-refractivity contribution in [3.05, 3.63) is 78.6 Å². The maximum atomic E-state index is 14.5. The molecule has 2 aliphatic carbocycles. The second-order valence-electron chi connectivity index (χ2n) is 13.4. The van der Waals surface area contributed by atoms with E-state index >= 15 is 0 Å². The van der Waals surface area contributed by atoms with E-state index in [0.29, 0.717) is 34.6 Å². The molecule has 1 aliphatic heterocycles. The highest BCUT2D eigenvalue weighted by Crippen LogP contribution is 2.60. The molecule has 2 saturated carbocycles. The van der Waals surface area contributed by atoms with Crippen molar-refractivity contribution in [1.29, 1.82) is 0 Å². The van der Waals surface area contributed by atoms with Gasteiger partial charge in [-0.3, -0.25) is 43.3 Å². The zero-order valence-electron chi connectivity index (χ0n) is 27.6. The largest absolute Gasteiger partial charge is 0.464 e. The van der Waals surface area contributed by atoms with Gasteiger partial charge >= 0.3 is 5.97 Å². The Labute approximate surface area is 286 Å². The Balaban J connectivity index is 1.06. The molecule has 1 saturated heterocycles. The van der Waals surface area contributed by atoms with Crippen LogP contribution in [0, 0.1) is 5.41 Å². The van der Waals surface area contributed by atoms with Gasteiger partial charge in [-0.1, -0.05) is 18.2 Å². The standard InChI is InChI=1S/C36H34N8O6/c1-21(45)33-25-10-12-37-16-28(25)41(39-33)18-31(47)44-27(35(49)43(24-8-9-24)23-6-4-3-5-7-23)14-36(15-30(36)44)20-50-32(48)19-42-29-17-38-13-11-26(29)34(40-42)22(2)46/h3-7,10-13,16-17,24,27,30H,8-9,14-15,18-20H2,1-2H3/t27-,30?,36-/m0/s1. The smallest absolute Gasteiger partial charge is 0.327 e. The molecule has 5 heterocycles. The van der Waals surface area contributed by atoms with E-state index in [1.54, 1.807) is 46.7 Å². The van der Waals surface area contributed by atoms with Crippen molar-refractivity contribution >= 4 is 56.8 Å². The number of hydrogen-bond acceptors (Lipinski definition) is 10. The number of carbonyl (C=O) groups excluding carboxylic acids is 5. The van der Waals surface area contributed by atoms with Crippen molar-refractivity contribution in [2.75, 3.05) is 11.5 Å². The Morgan fingerprint density at radius 2 is 1.42 bits per heavy atom. The van der Waals surface area contributed by atoms with Gasteiger partial charge in [-0.2, -0.15) is 10.2 Å². The molecule has 0 N–H and O–H groups in total. The van der Waals surface area contributed by atoms with Crippen LogP contribution >= 0.6 is 0 Å². The lowest BCUT2D eigenvalue weighted by atomic mass is 9.99. The number of para-hydroxylation sites is 1. The second-order valence-corrected chi connectivity index (χ2v) is 13.4. The second kappa shape index (κ2) is 12.0. The average Bonchev–Trinajstić information content (AvgIpc) is 3.97. The molecule has 50 heavy (non-hydrogen) atoms. The molecule has 4 aromatic heterocycles. The average molecular weight is 675 g/mol. The predicted molar refractivity (Wildman–Crippen MR) is 179 cm³/mol. The zero-order valence-corrected chi connectivity index (χ0v) is 27.6. The molecule has 0 spiro atoms. The van der Waals surface area contributed by atoms with Crippen LogP contribution in [0.15, 0.2) is 67.3 Å². The maximum Gasteiger partial charge on any atom is 0.327 e. The molecule has 254 valence electrons. The highest BCUT2D eigenvalue weighted by molar-refractivity contribution is 6.06. The van der Waals surface area contributed by atoms with E-state index in [2.05, 4.69) is 20.2 Å². The fraction of sp³-hybridized carbons (Fsp3) is 0.361. The van der Waals surface area contributed by atoms with Gasteiger partial charge in [0, 0.05) is 60.2 Å². The number of ketones is 2. The summed E-state index contributed by atoms with van der Waals surface area (Å²) < 4.78 is 8.71. The molecule has 14 nitrogen and oxygen atoms in total. The predicted octanol–water partition coefficient (Wildman–Crippen LogP) is 3.38. The Hall–Kier alpha value is -5.79. The number of pyridine rings is 2. The Morgan fingerprint density at radius 3 is 2.00 bits per heavy atom. The lowest BCUT2D eigenvalue weighted by Gasteiger charge is -2.32. The van der Waals surface area contributed by atoms with Crippen LogP contribution in [-0.2, 0) is 32.2 Å². The lowest BCUT2D eigenvalue weighted by Crippen LogP contribution is -2.51. The van der Waals surface area contributed by atoms with Crippen LogP contribution in [0.1, 0.15) is 60.5 Å². The first-order valence-electron chi connectivity index (χ1n) is 16.6. The summed E-state index contributed by atoms with van der Waals surface area (Å²) in [6.45, 7) is 2.42. The highest BCUT2D eigenvalue weighted by atomic mass is 16.5. The quantitative estimate of drug-likeness (QED) is 0.150. The minimum Gasteiger partial charge on any atom is -0.464 e. The third-order valence-electron chi connectivity index (χ3n) is 10.0. The van der Waals surface area contributed by atoms with E-state index in [9.17, 15) is 24.0 Å². The number of carbonyl (C=O) groups is 5. The number of benzene rings is 1. The van der Waals surface area contributed by atoms with Gasteiger partial charge < -0.3 is 14.5 Å². The van der Waals surface area contributed by atoms with Crippen LogP contribution < -0.4 is 4.90 Å². The number of aromatic nitrogens is 6. The van der Waals surface area contributed by atoms with Crippen molar-refractivity contribution in [2.45, 2.75) is 70.7 Å². The molecule has 3 fully saturated rings. The van der Waals surface area contributed by atoms with Crippen molar-refractivity contribution in [3.8, 4) is 0 Å². The van der Waals surface area contributed by atoms with Crippen LogP contribution in [0.4, 0.5) is 5.69 Å². The van der Waals surface area contributed by atoms with Crippen LogP contribution in [0.25, 0.3) is 21.8 Å². The lowest BCUT2D eigenvalue weighted by molar-refractivity contribution is -0.146. The van der Waals surface area contributed by atoms with Gasteiger partial charge in [0.25, 0.3) is 0 Å². The number of piperidine rings is 1. The Bertz CT molecular complexity index is 2210. The number of rotatable bonds is 11. The molecule has 3 aliphatic rings. The molecule has 2 amide bonds. The molecular formula is C36H34N8O6. The van der Waals surface area contributed by atoms with E-state index in [1.165, 1.54) is 23.2 Å². The molecule has 1 unspecified atom stereocenters. The van der Waals surface area contributed by atoms with Gasteiger partial charge in [-0.15, -0.1) is 0 Å². The van der Waals surface area contributed by atoms with Gasteiger partial charge in [0.15, 0.2) is 11.6 Å². The molecule has 14 heteroatoms. The van der Waals surface area contributed by atoms with E-state index in [1.807, 2.05) is 30.3 Å². The Morgan fingerprint density at radius 1 is 0.820 bits per heavy atom. The van der Waals surface area contributed by atoms with Crippen LogP contribution in [0.5, 0.6) is 0 Å². The summed E-state index contributed by atoms with van der Waals surface area (Å²) in [6.07, 6.45) is 8.88. The summed E-state index contributed by atoms with van der Waals surface area (Å²) in [6, 6.07) is 11.8. The summed E-state index contributed by atoms with van der Waals surface area (Å²) in [5.41, 5.74) is 1.75. The summed E-state index contributed by atoms with van der Waals surface area (Å²) >= 11 is 0. The fourth-order valence-corrected chi connectivity index (χ4v) is 7.41. The summed E-state index contributed by atoms with van der Waals surface area (Å²) in [4.78, 5) is 78.2. The molecular weight excluding hydrogens is 640 g/mol. The van der Waals surface area contributed by atoms with Crippen molar-refractivity contribution in [1.82, 2.24) is 34.4 Å². The minimum absolute atomic E-state index is 0.0128. The van der Waals surface area contributed by atoms with Crippen LogP contribution in [-0.4, -0.2) is 88.5 Å². The van der Waals surface area contributed by atoms with Gasteiger partial charge in [0.2, 0.25) is 11.8 Å². The first-order chi connectivity index (χ1) is 24.1. The molecule has 3 atom stereocenters. The normalized spacial score (nSPS) is 20.9. The number of fused-ring (bicyclic) bond motifs is 3. The first-order valence-corrected chi connectivity index (χ1v) is 16.6. The zero-order chi connectivity index (χ0) is 34.7. The highest BCUT2D eigenvalue weighted by Gasteiger charge is 2.68. The van der Waals surface area contributed by atoms with E-state index in [4.69, 9.17) is 4.74 Å². The summed E-state index contributed by atoms with van der Waals surface area (Å²) in [7, 11) is 0. The van der Waals surface area contributed by atoms with E-state index < -0.39 is 17.4 Å². The minimum atomic E-state index is -0.785. The SMILES string of the molecule is CC(=O)c1nn(CC(=O)OC[C@]23CC2N(C(=O)Cn2nc(C(C)=O)c4ccncc42)[C@H](C(=O)N(c2ccccc2)C2CC2)C3)c2cnccc12.